The molecular formula is C15H21NO2S. The van der Waals surface area contributed by atoms with Crippen LogP contribution in [-0.2, 0) is 28.9 Å². The second-order valence-electron chi connectivity index (χ2n) is 5.58. The van der Waals surface area contributed by atoms with E-state index in [9.17, 15) is 4.79 Å². The van der Waals surface area contributed by atoms with Crippen LogP contribution in [0.5, 0.6) is 0 Å². The van der Waals surface area contributed by atoms with Crippen LogP contribution in [-0.4, -0.2) is 19.1 Å². The van der Waals surface area contributed by atoms with Gasteiger partial charge in [-0.25, -0.2) is 0 Å². The van der Waals surface area contributed by atoms with Crippen LogP contribution in [0.2, 0.25) is 0 Å². The lowest BCUT2D eigenvalue weighted by atomic mass is 9.96. The summed E-state index contributed by atoms with van der Waals surface area (Å²) in [6, 6.07) is 0. The first-order valence-electron chi connectivity index (χ1n) is 7.25. The molecular weight excluding hydrogens is 258 g/mol. The summed E-state index contributed by atoms with van der Waals surface area (Å²) in [7, 11) is 0. The summed E-state index contributed by atoms with van der Waals surface area (Å²) < 4.78 is 5.30. The molecule has 1 aliphatic carbocycles. The third-order valence-electron chi connectivity index (χ3n) is 4.12. The van der Waals surface area contributed by atoms with Crippen LogP contribution in [0.1, 0.15) is 41.7 Å². The van der Waals surface area contributed by atoms with E-state index < -0.39 is 0 Å². The van der Waals surface area contributed by atoms with Gasteiger partial charge in [0.25, 0.3) is 0 Å². The van der Waals surface area contributed by atoms with Gasteiger partial charge in [0, 0.05) is 31.1 Å². The third kappa shape index (κ3) is 3.18. The van der Waals surface area contributed by atoms with Crippen molar-refractivity contribution in [3.8, 4) is 0 Å². The number of carbonyl (C=O) groups is 1. The molecule has 1 saturated heterocycles. The molecule has 104 valence electrons. The second kappa shape index (κ2) is 6.06. The van der Waals surface area contributed by atoms with Gasteiger partial charge in [-0.1, -0.05) is 0 Å². The number of ether oxygens (including phenoxy) is 1. The van der Waals surface area contributed by atoms with Crippen LogP contribution in [0.15, 0.2) is 5.38 Å². The molecule has 2 aliphatic rings. The first-order chi connectivity index (χ1) is 9.33. The molecule has 3 nitrogen and oxygen atoms in total. The van der Waals surface area contributed by atoms with Crippen LogP contribution in [0, 0.1) is 5.92 Å². The number of hydrogen-bond acceptors (Lipinski definition) is 3. The van der Waals surface area contributed by atoms with Gasteiger partial charge in [0.05, 0.1) is 0 Å². The van der Waals surface area contributed by atoms with Crippen molar-refractivity contribution in [1.29, 1.82) is 0 Å². The number of rotatable bonds is 4. The normalized spacial score (nSPS) is 22.2. The lowest BCUT2D eigenvalue weighted by molar-refractivity contribution is -0.122. The smallest absolute Gasteiger partial charge is 0.220 e. The van der Waals surface area contributed by atoms with E-state index in [4.69, 9.17) is 4.74 Å². The number of fused-ring (bicyclic) bond motifs is 1. The van der Waals surface area contributed by atoms with Gasteiger partial charge in [0.1, 0.15) is 0 Å². The Bertz CT molecular complexity index is 449. The minimum atomic E-state index is 0.172. The molecule has 19 heavy (non-hydrogen) atoms. The maximum atomic E-state index is 11.9. The summed E-state index contributed by atoms with van der Waals surface area (Å²) in [6.07, 6.45) is 6.69. The van der Waals surface area contributed by atoms with Crippen LogP contribution in [0.25, 0.3) is 0 Å². The SMILES string of the molecule is O=C(C[C@@H]1CCOC1)NCc1csc2c1CCCC2. The highest BCUT2D eigenvalue weighted by atomic mass is 32.1. The van der Waals surface area contributed by atoms with Gasteiger partial charge in [-0.2, -0.15) is 0 Å². The topological polar surface area (TPSA) is 38.3 Å². The maximum Gasteiger partial charge on any atom is 0.220 e. The standard InChI is InChI=1S/C15H21NO2S/c17-15(7-11-5-6-18-9-11)16-8-12-10-19-14-4-2-1-3-13(12)14/h10-11H,1-9H2,(H,16,17)/t11-/m0/s1. The number of thiophene rings is 1. The minimum absolute atomic E-state index is 0.172. The monoisotopic (exact) mass is 279 g/mol. The molecule has 0 unspecified atom stereocenters. The molecule has 0 radical (unpaired) electrons. The minimum Gasteiger partial charge on any atom is -0.381 e. The molecule has 1 amide bonds. The Balaban J connectivity index is 1.51. The summed E-state index contributed by atoms with van der Waals surface area (Å²) in [4.78, 5) is 13.4. The summed E-state index contributed by atoms with van der Waals surface area (Å²) in [5.74, 6) is 0.600. The van der Waals surface area contributed by atoms with Crippen LogP contribution >= 0.6 is 11.3 Å². The van der Waals surface area contributed by atoms with Crippen molar-refractivity contribution >= 4 is 17.2 Å². The molecule has 1 aliphatic heterocycles. The van der Waals surface area contributed by atoms with E-state index in [0.29, 0.717) is 18.9 Å². The highest BCUT2D eigenvalue weighted by Crippen LogP contribution is 2.30. The average Bonchev–Trinajstić information content (AvgIpc) is 3.05. The van der Waals surface area contributed by atoms with Gasteiger partial charge in [0.15, 0.2) is 0 Å². The molecule has 4 heteroatoms. The van der Waals surface area contributed by atoms with Gasteiger partial charge >= 0.3 is 0 Å². The molecule has 3 rings (SSSR count). The predicted octanol–water partition coefficient (Wildman–Crippen LogP) is 2.67. The lowest BCUT2D eigenvalue weighted by Gasteiger charge is -2.13. The Kier molecular flexibility index (Phi) is 4.18. The Morgan fingerprint density at radius 1 is 1.42 bits per heavy atom. The number of carbonyl (C=O) groups excluding carboxylic acids is 1. The molecule has 0 saturated carbocycles. The van der Waals surface area contributed by atoms with Crippen molar-refractivity contribution in [2.75, 3.05) is 13.2 Å². The summed E-state index contributed by atoms with van der Waals surface area (Å²) in [6.45, 7) is 2.27. The summed E-state index contributed by atoms with van der Waals surface area (Å²) in [5, 5.41) is 5.31. The van der Waals surface area contributed by atoms with Crippen LogP contribution in [0.3, 0.4) is 0 Å². The van der Waals surface area contributed by atoms with E-state index in [1.807, 2.05) is 11.3 Å². The van der Waals surface area contributed by atoms with E-state index in [1.165, 1.54) is 36.8 Å². The van der Waals surface area contributed by atoms with Crippen molar-refractivity contribution in [2.45, 2.75) is 45.1 Å². The Morgan fingerprint density at radius 3 is 3.16 bits per heavy atom. The number of aryl methyl sites for hydroxylation is 1. The fourth-order valence-corrected chi connectivity index (χ4v) is 4.13. The average molecular weight is 279 g/mol. The van der Waals surface area contributed by atoms with Gasteiger partial charge in [-0.05, 0) is 54.5 Å². The lowest BCUT2D eigenvalue weighted by Crippen LogP contribution is -2.25. The van der Waals surface area contributed by atoms with Gasteiger partial charge in [-0.15, -0.1) is 11.3 Å². The number of amides is 1. The first kappa shape index (κ1) is 13.1. The molecule has 0 bridgehead atoms. The fraction of sp³-hybridized carbons (Fsp3) is 0.667. The zero-order valence-electron chi connectivity index (χ0n) is 11.2. The first-order valence-corrected chi connectivity index (χ1v) is 8.13. The molecule has 0 spiro atoms. The molecule has 0 aromatic carbocycles. The highest BCUT2D eigenvalue weighted by molar-refractivity contribution is 7.10. The van der Waals surface area contributed by atoms with Gasteiger partial charge < -0.3 is 10.1 Å². The van der Waals surface area contributed by atoms with Crippen molar-refractivity contribution in [3.63, 3.8) is 0 Å². The second-order valence-corrected chi connectivity index (χ2v) is 6.54. The Hall–Kier alpha value is -0.870. The highest BCUT2D eigenvalue weighted by Gasteiger charge is 2.20. The van der Waals surface area contributed by atoms with E-state index in [2.05, 4.69) is 10.7 Å². The summed E-state index contributed by atoms with van der Waals surface area (Å²) in [5.41, 5.74) is 2.86. The van der Waals surface area contributed by atoms with E-state index >= 15 is 0 Å². The van der Waals surface area contributed by atoms with E-state index in [-0.39, 0.29) is 5.91 Å². The number of nitrogens with one attached hydrogen (secondary N) is 1. The fourth-order valence-electron chi connectivity index (χ4n) is 2.98. The van der Waals surface area contributed by atoms with E-state index in [0.717, 1.165) is 19.6 Å². The van der Waals surface area contributed by atoms with Crippen LogP contribution in [0.4, 0.5) is 0 Å². The zero-order chi connectivity index (χ0) is 13.1. The molecule has 1 N–H and O–H groups in total. The van der Waals surface area contributed by atoms with Crippen molar-refractivity contribution in [3.05, 3.63) is 21.4 Å². The quantitative estimate of drug-likeness (QED) is 0.920. The van der Waals surface area contributed by atoms with Crippen molar-refractivity contribution in [1.82, 2.24) is 5.32 Å². The van der Waals surface area contributed by atoms with Gasteiger partial charge in [-0.3, -0.25) is 4.79 Å². The predicted molar refractivity (Wildman–Crippen MR) is 76.4 cm³/mol. The Morgan fingerprint density at radius 2 is 2.32 bits per heavy atom. The summed E-state index contributed by atoms with van der Waals surface area (Å²) >= 11 is 1.87. The van der Waals surface area contributed by atoms with Crippen molar-refractivity contribution in [2.24, 2.45) is 5.92 Å². The molecule has 1 aromatic heterocycles. The van der Waals surface area contributed by atoms with Crippen molar-refractivity contribution < 1.29 is 9.53 Å². The zero-order valence-corrected chi connectivity index (χ0v) is 12.1. The Labute approximate surface area is 118 Å². The maximum absolute atomic E-state index is 11.9. The van der Waals surface area contributed by atoms with Crippen LogP contribution < -0.4 is 5.32 Å². The molecule has 1 atom stereocenters. The largest absolute Gasteiger partial charge is 0.381 e. The van der Waals surface area contributed by atoms with Gasteiger partial charge in [0.2, 0.25) is 5.91 Å². The third-order valence-corrected chi connectivity index (χ3v) is 5.26. The number of hydrogen-bond donors (Lipinski definition) is 1. The van der Waals surface area contributed by atoms with E-state index in [1.54, 1.807) is 4.88 Å². The molecule has 2 heterocycles. The molecule has 1 aromatic rings. The molecule has 1 fully saturated rings.